The zero-order chi connectivity index (χ0) is 19.6. The van der Waals surface area contributed by atoms with E-state index in [0.29, 0.717) is 25.2 Å². The van der Waals surface area contributed by atoms with Crippen LogP contribution in [0.4, 0.5) is 0 Å². The summed E-state index contributed by atoms with van der Waals surface area (Å²) < 4.78 is 5.20. The molecule has 2 bridgehead atoms. The lowest BCUT2D eigenvalue weighted by molar-refractivity contribution is -0.156. The van der Waals surface area contributed by atoms with Gasteiger partial charge in [0.15, 0.2) is 6.61 Å². The first kappa shape index (κ1) is 19.4. The summed E-state index contributed by atoms with van der Waals surface area (Å²) in [4.78, 5) is 36.4. The maximum atomic E-state index is 12.3. The number of aromatic hydroxyl groups is 1. The van der Waals surface area contributed by atoms with E-state index in [1.54, 1.807) is 13.8 Å². The third-order valence-corrected chi connectivity index (χ3v) is 5.77. The number of carbonyl (C=O) groups is 3. The average molecular weight is 373 g/mol. The van der Waals surface area contributed by atoms with Crippen molar-refractivity contribution < 1.29 is 24.2 Å². The monoisotopic (exact) mass is 373 g/mol. The molecule has 1 aromatic carbocycles. The van der Waals surface area contributed by atoms with Crippen LogP contribution in [0.2, 0.25) is 0 Å². The largest absolute Gasteiger partial charge is 0.507 e. The molecule has 146 valence electrons. The molecule has 27 heavy (non-hydrogen) atoms. The highest BCUT2D eigenvalue weighted by Gasteiger charge is 2.41. The van der Waals surface area contributed by atoms with Crippen LogP contribution in [0, 0.1) is 31.6 Å². The fourth-order valence-electron chi connectivity index (χ4n) is 4.33. The average Bonchev–Trinajstić information content (AvgIpc) is 2.62. The number of Topliss-reactive ketones (excluding diaryl/α,β-unsaturated/α-hetero) is 1. The van der Waals surface area contributed by atoms with Crippen LogP contribution in [0.25, 0.3) is 0 Å². The molecule has 2 N–H and O–H groups in total. The van der Waals surface area contributed by atoms with Gasteiger partial charge in [-0.05, 0) is 56.2 Å². The van der Waals surface area contributed by atoms with Gasteiger partial charge in [-0.2, -0.15) is 0 Å². The number of fused-ring (bicyclic) bond motifs is 2. The second-order valence-corrected chi connectivity index (χ2v) is 7.86. The number of phenolic OH excluding ortho intramolecular Hbond substituents is 1. The van der Waals surface area contributed by atoms with E-state index in [1.807, 2.05) is 12.1 Å². The number of benzene rings is 1. The normalized spacial score (nSPS) is 24.4. The molecule has 0 unspecified atom stereocenters. The van der Waals surface area contributed by atoms with Crippen molar-refractivity contribution in [2.24, 2.45) is 17.8 Å². The smallest absolute Gasteiger partial charge is 0.309 e. The Morgan fingerprint density at radius 3 is 2.33 bits per heavy atom. The van der Waals surface area contributed by atoms with Crippen LogP contribution in [-0.2, 0) is 25.7 Å². The SMILES string of the molecule is Cc1cc(CNC(=O)COC(=O)C2C[C@@H]3CCC[C@@H](C2)C3=O)cc(C)c1O. The van der Waals surface area contributed by atoms with Crippen molar-refractivity contribution >= 4 is 17.7 Å². The Kier molecular flexibility index (Phi) is 5.82. The molecular formula is C21H27NO5. The highest BCUT2D eigenvalue weighted by molar-refractivity contribution is 5.88. The summed E-state index contributed by atoms with van der Waals surface area (Å²) in [7, 11) is 0. The zero-order valence-electron chi connectivity index (χ0n) is 15.9. The van der Waals surface area contributed by atoms with Crippen molar-refractivity contribution in [3.05, 3.63) is 28.8 Å². The molecule has 1 amide bonds. The maximum absolute atomic E-state index is 12.3. The lowest BCUT2D eigenvalue weighted by Crippen LogP contribution is -2.40. The number of amides is 1. The molecule has 2 aliphatic carbocycles. The first-order chi connectivity index (χ1) is 12.8. The molecule has 0 aromatic heterocycles. The molecule has 2 atom stereocenters. The number of nitrogens with one attached hydrogen (secondary N) is 1. The van der Waals surface area contributed by atoms with Crippen LogP contribution < -0.4 is 5.32 Å². The van der Waals surface area contributed by atoms with Gasteiger partial charge in [0.25, 0.3) is 5.91 Å². The molecule has 2 aliphatic rings. The number of rotatable bonds is 5. The Balaban J connectivity index is 1.45. The van der Waals surface area contributed by atoms with Gasteiger partial charge in [-0.3, -0.25) is 14.4 Å². The predicted octanol–water partition coefficient (Wildman–Crippen LogP) is 2.56. The van der Waals surface area contributed by atoms with Gasteiger partial charge >= 0.3 is 5.97 Å². The Bertz CT molecular complexity index is 718. The van der Waals surface area contributed by atoms with Crippen LogP contribution in [-0.4, -0.2) is 29.4 Å². The molecule has 2 saturated carbocycles. The summed E-state index contributed by atoms with van der Waals surface area (Å²) in [6, 6.07) is 3.62. The van der Waals surface area contributed by atoms with E-state index in [1.165, 1.54) is 0 Å². The van der Waals surface area contributed by atoms with Crippen molar-refractivity contribution in [3.8, 4) is 5.75 Å². The number of aryl methyl sites for hydroxylation is 2. The molecule has 0 radical (unpaired) electrons. The van der Waals surface area contributed by atoms with Gasteiger partial charge in [-0.1, -0.05) is 18.6 Å². The van der Waals surface area contributed by atoms with E-state index in [0.717, 1.165) is 36.0 Å². The Morgan fingerprint density at radius 1 is 1.15 bits per heavy atom. The van der Waals surface area contributed by atoms with Crippen LogP contribution >= 0.6 is 0 Å². The minimum Gasteiger partial charge on any atom is -0.507 e. The van der Waals surface area contributed by atoms with Gasteiger partial charge in [0.1, 0.15) is 11.5 Å². The lowest BCUT2D eigenvalue weighted by Gasteiger charge is -2.36. The Labute approximate surface area is 159 Å². The van der Waals surface area contributed by atoms with Gasteiger partial charge in [-0.15, -0.1) is 0 Å². The quantitative estimate of drug-likeness (QED) is 0.774. The second-order valence-electron chi connectivity index (χ2n) is 7.86. The molecule has 0 heterocycles. The molecule has 2 fully saturated rings. The van der Waals surface area contributed by atoms with Crippen molar-refractivity contribution in [2.75, 3.05) is 6.61 Å². The highest BCUT2D eigenvalue weighted by Crippen LogP contribution is 2.40. The second kappa shape index (κ2) is 8.11. The standard InChI is InChI=1S/C21H27NO5/c1-12-6-14(7-13(2)19(12)24)10-22-18(23)11-27-21(26)17-8-15-4-3-5-16(9-17)20(15)25/h6-7,15-17,24H,3-5,8-11H2,1-2H3,(H,22,23)/t15-,16-/m0/s1. The van der Waals surface area contributed by atoms with Gasteiger partial charge in [-0.25, -0.2) is 0 Å². The summed E-state index contributed by atoms with van der Waals surface area (Å²) >= 11 is 0. The first-order valence-corrected chi connectivity index (χ1v) is 9.61. The molecule has 0 aliphatic heterocycles. The number of ketones is 1. The summed E-state index contributed by atoms with van der Waals surface area (Å²) in [5.74, 6) is -0.454. The van der Waals surface area contributed by atoms with Gasteiger partial charge in [0.2, 0.25) is 0 Å². The fourth-order valence-corrected chi connectivity index (χ4v) is 4.33. The summed E-state index contributed by atoms with van der Waals surface area (Å²) in [6.07, 6.45) is 3.90. The van der Waals surface area contributed by atoms with E-state index in [4.69, 9.17) is 4.74 Å². The molecule has 0 saturated heterocycles. The summed E-state index contributed by atoms with van der Waals surface area (Å²) in [6.45, 7) is 3.61. The van der Waals surface area contributed by atoms with Crippen molar-refractivity contribution in [1.82, 2.24) is 5.32 Å². The van der Waals surface area contributed by atoms with Crippen LogP contribution in [0.15, 0.2) is 12.1 Å². The molecule has 3 rings (SSSR count). The summed E-state index contributed by atoms with van der Waals surface area (Å²) in [5, 5.41) is 12.5. The summed E-state index contributed by atoms with van der Waals surface area (Å²) in [5.41, 5.74) is 2.38. The van der Waals surface area contributed by atoms with Crippen LogP contribution in [0.5, 0.6) is 5.75 Å². The van der Waals surface area contributed by atoms with Gasteiger partial charge in [0, 0.05) is 18.4 Å². The molecule has 0 spiro atoms. The minimum absolute atomic E-state index is 0.00940. The number of hydrogen-bond donors (Lipinski definition) is 2. The highest BCUT2D eigenvalue weighted by atomic mass is 16.5. The van der Waals surface area contributed by atoms with Gasteiger partial charge < -0.3 is 15.2 Å². The zero-order valence-corrected chi connectivity index (χ0v) is 15.9. The van der Waals surface area contributed by atoms with Crippen molar-refractivity contribution in [2.45, 2.75) is 52.5 Å². The van der Waals surface area contributed by atoms with Crippen molar-refractivity contribution in [1.29, 1.82) is 0 Å². The molecule has 1 aromatic rings. The minimum atomic E-state index is -0.370. The van der Waals surface area contributed by atoms with E-state index in [9.17, 15) is 19.5 Å². The molecule has 6 nitrogen and oxygen atoms in total. The topological polar surface area (TPSA) is 92.7 Å². The van der Waals surface area contributed by atoms with Crippen LogP contribution in [0.1, 0.15) is 48.8 Å². The van der Waals surface area contributed by atoms with E-state index in [2.05, 4.69) is 5.32 Å². The first-order valence-electron chi connectivity index (χ1n) is 9.61. The molecule has 6 heteroatoms. The van der Waals surface area contributed by atoms with Crippen LogP contribution in [0.3, 0.4) is 0 Å². The number of esters is 1. The number of phenols is 1. The number of carbonyl (C=O) groups excluding carboxylic acids is 3. The van der Waals surface area contributed by atoms with Gasteiger partial charge in [0.05, 0.1) is 5.92 Å². The lowest BCUT2D eigenvalue weighted by atomic mass is 9.67. The van der Waals surface area contributed by atoms with E-state index in [-0.39, 0.29) is 42.0 Å². The van der Waals surface area contributed by atoms with E-state index >= 15 is 0 Å². The van der Waals surface area contributed by atoms with E-state index < -0.39 is 0 Å². The third kappa shape index (κ3) is 4.49. The third-order valence-electron chi connectivity index (χ3n) is 5.77. The maximum Gasteiger partial charge on any atom is 0.309 e. The Morgan fingerprint density at radius 2 is 1.74 bits per heavy atom. The number of ether oxygens (including phenoxy) is 1. The molecular weight excluding hydrogens is 346 g/mol. The fraction of sp³-hybridized carbons (Fsp3) is 0.571. The predicted molar refractivity (Wildman–Crippen MR) is 98.9 cm³/mol. The Hall–Kier alpha value is -2.37. The van der Waals surface area contributed by atoms with Crippen molar-refractivity contribution in [3.63, 3.8) is 0 Å². The number of hydrogen-bond acceptors (Lipinski definition) is 5.